The van der Waals surface area contributed by atoms with Gasteiger partial charge in [-0.25, -0.2) is 0 Å². The first-order chi connectivity index (χ1) is 10.1. The van der Waals surface area contributed by atoms with Gasteiger partial charge in [-0.1, -0.05) is 12.1 Å². The normalized spacial score (nSPS) is 10.8. The lowest BCUT2D eigenvalue weighted by Crippen LogP contribution is -2.08. The summed E-state index contributed by atoms with van der Waals surface area (Å²) in [6.45, 7) is 1.99. The van der Waals surface area contributed by atoms with Crippen molar-refractivity contribution in [2.45, 2.75) is 11.8 Å². The number of carbonyl (C=O) groups excluding carboxylic acids is 1. The molecule has 0 saturated heterocycles. The van der Waals surface area contributed by atoms with Crippen molar-refractivity contribution in [3.63, 3.8) is 0 Å². The number of aryl methyl sites for hydroxylation is 1. The van der Waals surface area contributed by atoms with Crippen molar-refractivity contribution in [2.75, 3.05) is 11.6 Å². The fourth-order valence-electron chi connectivity index (χ4n) is 1.83. The molecule has 2 aromatic carbocycles. The van der Waals surface area contributed by atoms with Gasteiger partial charge in [-0.15, -0.1) is 11.8 Å². The van der Waals surface area contributed by atoms with Crippen molar-refractivity contribution in [2.24, 2.45) is 0 Å². The molecule has 0 unspecified atom stereocenters. The number of nitrogens with one attached hydrogen (secondary N) is 1. The summed E-state index contributed by atoms with van der Waals surface area (Å²) in [6.07, 6.45) is 5.43. The van der Waals surface area contributed by atoms with Crippen LogP contribution < -0.4 is 5.32 Å². The number of halogens is 1. The monoisotopic (exact) mass is 409 g/mol. The number of anilines is 1. The number of rotatable bonds is 4. The summed E-state index contributed by atoms with van der Waals surface area (Å²) in [5, 5.41) is 2.90. The summed E-state index contributed by atoms with van der Waals surface area (Å²) in [5.41, 5.74) is 2.93. The number of benzene rings is 2. The molecule has 0 heterocycles. The summed E-state index contributed by atoms with van der Waals surface area (Å²) >= 11 is 3.96. The molecule has 1 amide bonds. The predicted octanol–water partition coefficient (Wildman–Crippen LogP) is 4.97. The standard InChI is InChI=1S/C17H16INOS/c1-12-11-14(18)6-9-16(12)19-17(20)10-5-13-3-7-15(21-2)8-4-13/h3-11H,1-2H3,(H,19,20)/b10-5+. The Morgan fingerprint density at radius 3 is 2.52 bits per heavy atom. The molecule has 0 spiro atoms. The Morgan fingerprint density at radius 1 is 1.19 bits per heavy atom. The Bertz CT molecular complexity index is 665. The van der Waals surface area contributed by atoms with Crippen LogP contribution in [0.1, 0.15) is 11.1 Å². The molecule has 0 bridgehead atoms. The molecule has 2 rings (SSSR count). The summed E-state index contributed by atoms with van der Waals surface area (Å²) < 4.78 is 1.16. The van der Waals surface area contributed by atoms with E-state index in [0.717, 1.165) is 20.4 Å². The van der Waals surface area contributed by atoms with Crippen LogP contribution in [0.15, 0.2) is 53.4 Å². The second kappa shape index (κ2) is 7.66. The van der Waals surface area contributed by atoms with Gasteiger partial charge in [0.25, 0.3) is 0 Å². The lowest BCUT2D eigenvalue weighted by molar-refractivity contribution is -0.111. The molecule has 2 nitrogen and oxygen atoms in total. The third-order valence-corrected chi connectivity index (χ3v) is 4.40. The molecule has 0 aliphatic rings. The number of hydrogen-bond donors (Lipinski definition) is 1. The molecule has 0 fully saturated rings. The van der Waals surface area contributed by atoms with Gasteiger partial charge in [0.15, 0.2) is 0 Å². The first-order valence-electron chi connectivity index (χ1n) is 6.48. The van der Waals surface area contributed by atoms with Crippen LogP contribution in [0.5, 0.6) is 0 Å². The van der Waals surface area contributed by atoms with Crippen LogP contribution in [-0.4, -0.2) is 12.2 Å². The smallest absolute Gasteiger partial charge is 0.248 e. The maximum absolute atomic E-state index is 11.9. The molecular weight excluding hydrogens is 393 g/mol. The highest BCUT2D eigenvalue weighted by Gasteiger charge is 2.02. The fourth-order valence-corrected chi connectivity index (χ4v) is 2.88. The molecule has 0 aliphatic carbocycles. The van der Waals surface area contributed by atoms with E-state index >= 15 is 0 Å². The van der Waals surface area contributed by atoms with Crippen molar-refractivity contribution in [3.8, 4) is 0 Å². The minimum absolute atomic E-state index is 0.117. The van der Waals surface area contributed by atoms with E-state index in [4.69, 9.17) is 0 Å². The highest BCUT2D eigenvalue weighted by Crippen LogP contribution is 2.18. The number of carbonyl (C=O) groups is 1. The number of thioether (sulfide) groups is 1. The van der Waals surface area contributed by atoms with E-state index in [1.807, 2.05) is 61.7 Å². The zero-order valence-corrected chi connectivity index (χ0v) is 14.9. The van der Waals surface area contributed by atoms with Crippen LogP contribution in [0.25, 0.3) is 6.08 Å². The Balaban J connectivity index is 2.01. The first-order valence-corrected chi connectivity index (χ1v) is 8.78. The third-order valence-electron chi connectivity index (χ3n) is 2.99. The minimum atomic E-state index is -0.117. The molecule has 1 N–H and O–H groups in total. The molecule has 21 heavy (non-hydrogen) atoms. The SMILES string of the molecule is CSc1ccc(/C=C/C(=O)Nc2ccc(I)cc2C)cc1. The van der Waals surface area contributed by atoms with Crippen molar-refractivity contribution in [3.05, 3.63) is 63.2 Å². The minimum Gasteiger partial charge on any atom is -0.322 e. The van der Waals surface area contributed by atoms with E-state index in [2.05, 4.69) is 27.9 Å². The third kappa shape index (κ3) is 4.89. The van der Waals surface area contributed by atoms with Gasteiger partial charge in [0, 0.05) is 20.2 Å². The van der Waals surface area contributed by atoms with E-state index in [0.29, 0.717) is 0 Å². The Kier molecular flexibility index (Phi) is 5.87. The Morgan fingerprint density at radius 2 is 1.90 bits per heavy atom. The van der Waals surface area contributed by atoms with Crippen LogP contribution in [0, 0.1) is 10.5 Å². The zero-order chi connectivity index (χ0) is 15.2. The van der Waals surface area contributed by atoms with Gasteiger partial charge in [-0.05, 0) is 83.3 Å². The summed E-state index contributed by atoms with van der Waals surface area (Å²) in [5.74, 6) is -0.117. The molecule has 0 atom stereocenters. The maximum Gasteiger partial charge on any atom is 0.248 e. The average Bonchev–Trinajstić information content (AvgIpc) is 2.48. The first kappa shape index (κ1) is 16.1. The van der Waals surface area contributed by atoms with Gasteiger partial charge in [-0.3, -0.25) is 4.79 Å². The highest BCUT2D eigenvalue weighted by atomic mass is 127. The molecular formula is C17H16INOS. The maximum atomic E-state index is 11.9. The summed E-state index contributed by atoms with van der Waals surface area (Å²) in [6, 6.07) is 14.1. The van der Waals surface area contributed by atoms with Gasteiger partial charge in [-0.2, -0.15) is 0 Å². The van der Waals surface area contributed by atoms with Gasteiger partial charge >= 0.3 is 0 Å². The molecule has 0 radical (unpaired) electrons. The topological polar surface area (TPSA) is 29.1 Å². The highest BCUT2D eigenvalue weighted by molar-refractivity contribution is 14.1. The van der Waals surface area contributed by atoms with Crippen LogP contribution in [0.4, 0.5) is 5.69 Å². The largest absolute Gasteiger partial charge is 0.322 e. The molecule has 0 aromatic heterocycles. The van der Waals surface area contributed by atoms with Crippen LogP contribution in [0.2, 0.25) is 0 Å². The number of hydrogen-bond acceptors (Lipinski definition) is 2. The van der Waals surface area contributed by atoms with Gasteiger partial charge in [0.1, 0.15) is 0 Å². The lowest BCUT2D eigenvalue weighted by Gasteiger charge is -2.06. The predicted molar refractivity (Wildman–Crippen MR) is 99.8 cm³/mol. The summed E-state index contributed by atoms with van der Waals surface area (Å²) in [7, 11) is 0. The summed E-state index contributed by atoms with van der Waals surface area (Å²) in [4.78, 5) is 13.2. The van der Waals surface area contributed by atoms with E-state index < -0.39 is 0 Å². The van der Waals surface area contributed by atoms with Crippen molar-refractivity contribution in [1.82, 2.24) is 0 Å². The molecule has 108 valence electrons. The quantitative estimate of drug-likeness (QED) is 0.439. The van der Waals surface area contributed by atoms with Crippen molar-refractivity contribution >= 4 is 52.0 Å². The van der Waals surface area contributed by atoms with E-state index in [9.17, 15) is 4.79 Å². The van der Waals surface area contributed by atoms with Crippen LogP contribution in [0.3, 0.4) is 0 Å². The van der Waals surface area contributed by atoms with E-state index in [-0.39, 0.29) is 5.91 Å². The second-order valence-electron chi connectivity index (χ2n) is 4.55. The lowest BCUT2D eigenvalue weighted by atomic mass is 10.2. The average molecular weight is 409 g/mol. The molecule has 2 aromatic rings. The molecule has 4 heteroatoms. The van der Waals surface area contributed by atoms with Crippen molar-refractivity contribution < 1.29 is 4.79 Å². The van der Waals surface area contributed by atoms with Gasteiger partial charge < -0.3 is 5.32 Å². The van der Waals surface area contributed by atoms with Gasteiger partial charge in [0.05, 0.1) is 0 Å². The second-order valence-corrected chi connectivity index (χ2v) is 6.68. The Labute approximate surface area is 143 Å². The van der Waals surface area contributed by atoms with E-state index in [1.54, 1.807) is 17.8 Å². The van der Waals surface area contributed by atoms with Crippen LogP contribution >= 0.6 is 34.4 Å². The molecule has 0 aliphatic heterocycles. The van der Waals surface area contributed by atoms with E-state index in [1.165, 1.54) is 4.90 Å². The van der Waals surface area contributed by atoms with Crippen LogP contribution in [-0.2, 0) is 4.79 Å². The number of amides is 1. The van der Waals surface area contributed by atoms with Crippen molar-refractivity contribution in [1.29, 1.82) is 0 Å². The van der Waals surface area contributed by atoms with Gasteiger partial charge in [0.2, 0.25) is 5.91 Å². The fraction of sp³-hybridized carbons (Fsp3) is 0.118. The molecule has 0 saturated carbocycles. The zero-order valence-electron chi connectivity index (χ0n) is 11.9. The Hall–Kier alpha value is -1.27.